The number of nitrogens with zero attached hydrogens (tertiary/aromatic N) is 2. The largest absolute Gasteiger partial charge is 0.490 e. The fourth-order valence-electron chi connectivity index (χ4n) is 3.46. The van der Waals surface area contributed by atoms with E-state index in [1.54, 1.807) is 4.90 Å². The van der Waals surface area contributed by atoms with Crippen LogP contribution in [0, 0.1) is 17.3 Å². The van der Waals surface area contributed by atoms with Gasteiger partial charge < -0.3 is 14.4 Å². The summed E-state index contributed by atoms with van der Waals surface area (Å²) in [5.74, 6) is 3.50. The SMILES string of the molecule is CC(C)(C)OC(=O)N1CCN2Cc3cc(F)c(Br)c(C#C[Si](C)(C)C)c3OC[C@H]2C1. The molecule has 0 N–H and O–H groups in total. The average molecular weight is 497 g/mol. The van der Waals surface area contributed by atoms with E-state index in [4.69, 9.17) is 9.47 Å². The van der Waals surface area contributed by atoms with Gasteiger partial charge in [-0.1, -0.05) is 25.6 Å². The van der Waals surface area contributed by atoms with Crippen molar-refractivity contribution in [2.24, 2.45) is 0 Å². The van der Waals surface area contributed by atoms with Crippen molar-refractivity contribution in [2.75, 3.05) is 26.2 Å². The van der Waals surface area contributed by atoms with Gasteiger partial charge in [-0.2, -0.15) is 0 Å². The normalized spacial score (nSPS) is 19.6. The van der Waals surface area contributed by atoms with Crippen molar-refractivity contribution in [1.29, 1.82) is 0 Å². The zero-order valence-electron chi connectivity index (χ0n) is 18.6. The lowest BCUT2D eigenvalue weighted by Gasteiger charge is -2.40. The molecule has 1 atom stereocenters. The maximum absolute atomic E-state index is 14.6. The number of ether oxygens (including phenoxy) is 2. The summed E-state index contributed by atoms with van der Waals surface area (Å²) in [5, 5.41) is 0. The maximum atomic E-state index is 14.6. The van der Waals surface area contributed by atoms with Crippen molar-refractivity contribution in [3.63, 3.8) is 0 Å². The van der Waals surface area contributed by atoms with E-state index in [1.807, 2.05) is 20.8 Å². The Morgan fingerprint density at radius 1 is 1.33 bits per heavy atom. The van der Waals surface area contributed by atoms with E-state index in [1.165, 1.54) is 6.07 Å². The molecule has 1 saturated heterocycles. The third-order valence-corrected chi connectivity index (χ3v) is 6.51. The van der Waals surface area contributed by atoms with Crippen LogP contribution in [0.3, 0.4) is 0 Å². The van der Waals surface area contributed by atoms with Crippen LogP contribution < -0.4 is 4.74 Å². The van der Waals surface area contributed by atoms with Gasteiger partial charge in [-0.15, -0.1) is 5.54 Å². The number of amides is 1. The zero-order valence-corrected chi connectivity index (χ0v) is 21.2. The van der Waals surface area contributed by atoms with Crippen LogP contribution in [0.4, 0.5) is 9.18 Å². The molecule has 1 amide bonds. The lowest BCUT2D eigenvalue weighted by Crippen LogP contribution is -2.56. The molecule has 2 heterocycles. The molecule has 2 aliphatic rings. The van der Waals surface area contributed by atoms with Gasteiger partial charge in [0.1, 0.15) is 31.8 Å². The van der Waals surface area contributed by atoms with Gasteiger partial charge >= 0.3 is 6.09 Å². The number of carbonyl (C=O) groups is 1. The minimum absolute atomic E-state index is 0.0123. The van der Waals surface area contributed by atoms with Crippen molar-refractivity contribution in [3.8, 4) is 17.2 Å². The van der Waals surface area contributed by atoms with Crippen LogP contribution in [0.1, 0.15) is 31.9 Å². The molecule has 0 saturated carbocycles. The molecule has 1 fully saturated rings. The van der Waals surface area contributed by atoms with Gasteiger partial charge in [0.15, 0.2) is 0 Å². The summed E-state index contributed by atoms with van der Waals surface area (Å²) in [4.78, 5) is 16.5. The Kier molecular flexibility index (Phi) is 6.56. The van der Waals surface area contributed by atoms with Crippen molar-refractivity contribution >= 4 is 30.1 Å². The van der Waals surface area contributed by atoms with Crippen LogP contribution in [0.15, 0.2) is 10.5 Å². The highest BCUT2D eigenvalue weighted by Crippen LogP contribution is 2.36. The summed E-state index contributed by atoms with van der Waals surface area (Å²) in [7, 11) is -1.64. The minimum atomic E-state index is -1.64. The van der Waals surface area contributed by atoms with E-state index in [-0.39, 0.29) is 18.0 Å². The Hall–Kier alpha value is -1.56. The first-order valence-corrected chi connectivity index (χ1v) is 14.5. The van der Waals surface area contributed by atoms with Gasteiger partial charge in [0.25, 0.3) is 0 Å². The highest BCUT2D eigenvalue weighted by molar-refractivity contribution is 9.10. The summed E-state index contributed by atoms with van der Waals surface area (Å²) in [6, 6.07) is 1.54. The fourth-order valence-corrected chi connectivity index (χ4v) is 4.35. The molecule has 1 aromatic carbocycles. The van der Waals surface area contributed by atoms with Gasteiger partial charge in [0.2, 0.25) is 0 Å². The molecular weight excluding hydrogens is 467 g/mol. The van der Waals surface area contributed by atoms with Crippen LogP contribution in [0.2, 0.25) is 19.6 Å². The molecule has 3 rings (SSSR count). The van der Waals surface area contributed by atoms with Crippen molar-refractivity contribution in [2.45, 2.75) is 58.6 Å². The highest BCUT2D eigenvalue weighted by atomic mass is 79.9. The molecule has 0 radical (unpaired) electrons. The first-order chi connectivity index (χ1) is 13.8. The molecule has 2 aliphatic heterocycles. The van der Waals surface area contributed by atoms with E-state index in [9.17, 15) is 9.18 Å². The molecule has 0 aromatic heterocycles. The number of hydrogen-bond donors (Lipinski definition) is 0. The summed E-state index contributed by atoms with van der Waals surface area (Å²) >= 11 is 3.36. The van der Waals surface area contributed by atoms with Crippen LogP contribution in [-0.2, 0) is 11.3 Å². The molecule has 5 nitrogen and oxygen atoms in total. The molecule has 0 bridgehead atoms. The number of hydrogen-bond acceptors (Lipinski definition) is 4. The van der Waals surface area contributed by atoms with Crippen molar-refractivity contribution in [3.05, 3.63) is 27.5 Å². The van der Waals surface area contributed by atoms with E-state index < -0.39 is 13.7 Å². The van der Waals surface area contributed by atoms with E-state index in [2.05, 4.69) is 51.9 Å². The minimum Gasteiger partial charge on any atom is -0.490 e. The lowest BCUT2D eigenvalue weighted by molar-refractivity contribution is -0.00155. The van der Waals surface area contributed by atoms with Gasteiger partial charge in [-0.3, -0.25) is 4.90 Å². The smallest absolute Gasteiger partial charge is 0.410 e. The van der Waals surface area contributed by atoms with E-state index in [0.29, 0.717) is 48.6 Å². The second-order valence-electron chi connectivity index (χ2n) is 9.90. The van der Waals surface area contributed by atoms with E-state index in [0.717, 1.165) is 5.56 Å². The molecule has 0 spiro atoms. The Bertz CT molecular complexity index is 899. The first-order valence-electron chi connectivity index (χ1n) is 10.2. The van der Waals surface area contributed by atoms with Crippen LogP contribution in [-0.4, -0.2) is 61.9 Å². The number of piperazine rings is 1. The standard InChI is InChI=1S/C22H30BrFN2O3Si/c1-22(2,3)29-21(27)26-9-8-25-12-15-11-18(24)19(23)17(7-10-30(4,5)6)20(15)28-14-16(25)13-26/h11,16H,8-9,12-14H2,1-6H3/t16-/m1/s1. The number of rotatable bonds is 0. The first kappa shape index (κ1) is 23.1. The fraction of sp³-hybridized carbons (Fsp3) is 0.591. The molecule has 0 aliphatic carbocycles. The van der Waals surface area contributed by atoms with Gasteiger partial charge in [-0.05, 0) is 42.8 Å². The molecule has 164 valence electrons. The summed E-state index contributed by atoms with van der Waals surface area (Å²) < 4.78 is 26.7. The van der Waals surface area contributed by atoms with Crippen LogP contribution in [0.25, 0.3) is 0 Å². The topological polar surface area (TPSA) is 42.0 Å². The summed E-state index contributed by atoms with van der Waals surface area (Å²) in [5.41, 5.74) is 4.16. The number of halogens is 2. The Balaban J connectivity index is 1.85. The number of fused-ring (bicyclic) bond motifs is 2. The third kappa shape index (κ3) is 5.57. The molecule has 1 aromatic rings. The Labute approximate surface area is 188 Å². The highest BCUT2D eigenvalue weighted by Gasteiger charge is 2.35. The number of benzene rings is 1. The molecule has 0 unspecified atom stereocenters. The summed E-state index contributed by atoms with van der Waals surface area (Å²) in [6.07, 6.45) is -0.306. The quantitative estimate of drug-likeness (QED) is 0.387. The molecule has 30 heavy (non-hydrogen) atoms. The third-order valence-electron chi connectivity index (χ3n) is 4.86. The Morgan fingerprint density at radius 3 is 2.67 bits per heavy atom. The lowest BCUT2D eigenvalue weighted by atomic mass is 10.1. The van der Waals surface area contributed by atoms with Gasteiger partial charge in [0.05, 0.1) is 16.1 Å². The molecular formula is C22H30BrFN2O3Si. The van der Waals surface area contributed by atoms with Crippen LogP contribution >= 0.6 is 15.9 Å². The van der Waals surface area contributed by atoms with Crippen molar-refractivity contribution in [1.82, 2.24) is 9.80 Å². The monoisotopic (exact) mass is 496 g/mol. The van der Waals surface area contributed by atoms with Gasteiger partial charge in [0, 0.05) is 31.7 Å². The predicted octanol–water partition coefficient (Wildman–Crippen LogP) is 4.63. The molecule has 8 heteroatoms. The second-order valence-corrected chi connectivity index (χ2v) is 15.4. The van der Waals surface area contributed by atoms with E-state index >= 15 is 0 Å². The average Bonchev–Trinajstić information content (AvgIpc) is 2.78. The van der Waals surface area contributed by atoms with Crippen LogP contribution in [0.5, 0.6) is 5.75 Å². The second kappa shape index (κ2) is 8.52. The summed E-state index contributed by atoms with van der Waals surface area (Å²) in [6.45, 7) is 14.8. The Morgan fingerprint density at radius 2 is 2.03 bits per heavy atom. The maximum Gasteiger partial charge on any atom is 0.410 e. The predicted molar refractivity (Wildman–Crippen MR) is 122 cm³/mol. The number of carbonyl (C=O) groups excluding carboxylic acids is 1. The zero-order chi connectivity index (χ0) is 22.3. The van der Waals surface area contributed by atoms with Crippen molar-refractivity contribution < 1.29 is 18.7 Å². The van der Waals surface area contributed by atoms with Gasteiger partial charge in [-0.25, -0.2) is 9.18 Å².